The Morgan fingerprint density at radius 2 is 1.97 bits per heavy atom. The number of amides is 2. The third-order valence-corrected chi connectivity index (χ3v) is 4.04. The highest BCUT2D eigenvalue weighted by molar-refractivity contribution is 5.95. The van der Waals surface area contributed by atoms with E-state index in [0.717, 1.165) is 6.08 Å². The molecule has 1 aliphatic rings. The molecule has 0 saturated heterocycles. The molecule has 11 heteroatoms. The molecule has 0 aromatic heterocycles. The third-order valence-electron chi connectivity index (χ3n) is 4.04. The maximum atomic E-state index is 12.4. The van der Waals surface area contributed by atoms with Crippen LogP contribution in [0.4, 0.5) is 13.6 Å². The molecule has 1 aromatic carbocycles. The number of benzene rings is 1. The normalized spacial score (nSPS) is 16.1. The summed E-state index contributed by atoms with van der Waals surface area (Å²) >= 11 is 0. The first kappa shape index (κ1) is 23.6. The molecule has 1 atom stereocenters. The minimum Gasteiger partial charge on any atom is -0.493 e. The quantitative estimate of drug-likeness (QED) is 0.448. The van der Waals surface area contributed by atoms with Gasteiger partial charge in [0.1, 0.15) is 6.61 Å². The lowest BCUT2D eigenvalue weighted by atomic mass is 10.0. The lowest BCUT2D eigenvalue weighted by molar-refractivity contribution is -0.140. The second kappa shape index (κ2) is 11.0. The first-order valence-corrected chi connectivity index (χ1v) is 9.20. The van der Waals surface area contributed by atoms with Crippen molar-refractivity contribution in [1.82, 2.24) is 10.6 Å². The first-order valence-electron chi connectivity index (χ1n) is 9.20. The fourth-order valence-corrected chi connectivity index (χ4v) is 2.73. The van der Waals surface area contributed by atoms with Crippen molar-refractivity contribution in [1.29, 1.82) is 0 Å². The van der Waals surface area contributed by atoms with Crippen molar-refractivity contribution in [3.63, 3.8) is 0 Å². The molecule has 31 heavy (non-hydrogen) atoms. The molecule has 1 aliphatic heterocycles. The van der Waals surface area contributed by atoms with Crippen LogP contribution in [0, 0.1) is 0 Å². The summed E-state index contributed by atoms with van der Waals surface area (Å²) in [6, 6.07) is 2.95. The lowest BCUT2D eigenvalue weighted by Crippen LogP contribution is -2.50. The summed E-state index contributed by atoms with van der Waals surface area (Å²) in [5.74, 6) is -1.48. The maximum Gasteiger partial charge on any atom is 0.387 e. The van der Waals surface area contributed by atoms with E-state index in [1.54, 1.807) is 13.8 Å². The molecule has 1 heterocycles. The van der Waals surface area contributed by atoms with E-state index in [1.165, 1.54) is 31.4 Å². The molecule has 0 fully saturated rings. The number of methoxy groups -OCH3 is 1. The molecular weight excluding hydrogens is 418 g/mol. The van der Waals surface area contributed by atoms with E-state index in [0.29, 0.717) is 5.56 Å². The lowest BCUT2D eigenvalue weighted by Gasteiger charge is -2.26. The second-order valence-corrected chi connectivity index (χ2v) is 6.16. The molecule has 0 radical (unpaired) electrons. The molecule has 0 bridgehead atoms. The van der Waals surface area contributed by atoms with Crippen LogP contribution in [0.15, 0.2) is 35.5 Å². The van der Waals surface area contributed by atoms with Gasteiger partial charge in [-0.15, -0.1) is 0 Å². The summed E-state index contributed by atoms with van der Waals surface area (Å²) in [5, 5.41) is 4.97. The van der Waals surface area contributed by atoms with Crippen LogP contribution >= 0.6 is 0 Å². The van der Waals surface area contributed by atoms with Gasteiger partial charge in [0.05, 0.1) is 31.0 Å². The number of halogens is 2. The Labute approximate surface area is 177 Å². The summed E-state index contributed by atoms with van der Waals surface area (Å²) in [4.78, 5) is 35.9. The molecule has 2 N–H and O–H groups in total. The summed E-state index contributed by atoms with van der Waals surface area (Å²) in [5.41, 5.74) is 0.731. The topological polar surface area (TPSA) is 112 Å². The minimum atomic E-state index is -3.00. The summed E-state index contributed by atoms with van der Waals surface area (Å²) in [6.45, 7) is 0.0194. The number of nitrogens with one attached hydrogen (secondary N) is 2. The zero-order valence-corrected chi connectivity index (χ0v) is 17.1. The highest BCUT2D eigenvalue weighted by atomic mass is 19.3. The Bertz CT molecular complexity index is 900. The number of hydrogen-bond acceptors (Lipinski definition) is 7. The zero-order valence-electron chi connectivity index (χ0n) is 17.1. The molecule has 9 nitrogen and oxygen atoms in total. The van der Waals surface area contributed by atoms with Crippen LogP contribution in [0.1, 0.15) is 19.4 Å². The number of urea groups is 1. The van der Waals surface area contributed by atoms with Gasteiger partial charge in [0.2, 0.25) is 0 Å². The number of ether oxygens (including phenoxy) is 4. The average Bonchev–Trinajstić information content (AvgIpc) is 2.70. The molecule has 0 spiro atoms. The fourth-order valence-electron chi connectivity index (χ4n) is 2.73. The highest BCUT2D eigenvalue weighted by Crippen LogP contribution is 2.29. The summed E-state index contributed by atoms with van der Waals surface area (Å²) in [7, 11) is 1.29. The van der Waals surface area contributed by atoms with Crippen molar-refractivity contribution in [3.8, 4) is 11.5 Å². The molecule has 168 valence electrons. The molecule has 2 rings (SSSR count). The van der Waals surface area contributed by atoms with Gasteiger partial charge >= 0.3 is 24.6 Å². The van der Waals surface area contributed by atoms with Crippen LogP contribution in [0.25, 0.3) is 6.08 Å². The van der Waals surface area contributed by atoms with Crippen LogP contribution in [-0.4, -0.2) is 50.9 Å². The zero-order chi connectivity index (χ0) is 23.0. The van der Waals surface area contributed by atoms with Gasteiger partial charge in [-0.2, -0.15) is 8.78 Å². The van der Waals surface area contributed by atoms with Gasteiger partial charge in [0, 0.05) is 6.08 Å². The standard InChI is InChI=1S/C20H22F2N2O7/c1-4-29-18(26)17-11(2)23-20(27)24-13(17)10-30-16(25)8-6-12-5-7-14(31-19(21)22)15(9-12)28-3/h5-9,11,19H,4,10H2,1-3H3,(H2,23,24,27)/b8-6+. The van der Waals surface area contributed by atoms with Crippen molar-refractivity contribution < 1.29 is 42.1 Å². The van der Waals surface area contributed by atoms with Crippen molar-refractivity contribution in [2.75, 3.05) is 20.3 Å². The van der Waals surface area contributed by atoms with E-state index >= 15 is 0 Å². The van der Waals surface area contributed by atoms with E-state index in [9.17, 15) is 23.2 Å². The summed E-state index contributed by atoms with van der Waals surface area (Å²) < 4.78 is 44.2. The van der Waals surface area contributed by atoms with E-state index in [-0.39, 0.29) is 36.0 Å². The smallest absolute Gasteiger partial charge is 0.387 e. The van der Waals surface area contributed by atoms with Crippen LogP contribution < -0.4 is 20.1 Å². The van der Waals surface area contributed by atoms with Crippen LogP contribution in [0.3, 0.4) is 0 Å². The maximum absolute atomic E-state index is 12.4. The Balaban J connectivity index is 2.07. The fraction of sp³-hybridized carbons (Fsp3) is 0.350. The van der Waals surface area contributed by atoms with E-state index in [1.807, 2.05) is 0 Å². The van der Waals surface area contributed by atoms with Gasteiger partial charge in [0.15, 0.2) is 11.5 Å². The van der Waals surface area contributed by atoms with Gasteiger partial charge in [-0.05, 0) is 37.6 Å². The van der Waals surface area contributed by atoms with Gasteiger partial charge in [-0.3, -0.25) is 0 Å². The number of carbonyl (C=O) groups is 3. The molecular formula is C20H22F2N2O7. The molecule has 2 amide bonds. The van der Waals surface area contributed by atoms with E-state index in [2.05, 4.69) is 15.4 Å². The minimum absolute atomic E-state index is 0.0615. The van der Waals surface area contributed by atoms with Gasteiger partial charge in [-0.25, -0.2) is 14.4 Å². The van der Waals surface area contributed by atoms with Gasteiger partial charge < -0.3 is 29.6 Å². The number of alkyl halides is 2. The van der Waals surface area contributed by atoms with Crippen molar-refractivity contribution >= 4 is 24.0 Å². The predicted octanol–water partition coefficient (Wildman–Crippen LogP) is 2.37. The number of rotatable bonds is 9. The molecule has 0 saturated carbocycles. The van der Waals surface area contributed by atoms with Crippen molar-refractivity contribution in [2.24, 2.45) is 0 Å². The van der Waals surface area contributed by atoms with E-state index < -0.39 is 30.6 Å². The monoisotopic (exact) mass is 440 g/mol. The van der Waals surface area contributed by atoms with Crippen molar-refractivity contribution in [2.45, 2.75) is 26.5 Å². The van der Waals surface area contributed by atoms with E-state index in [4.69, 9.17) is 14.2 Å². The molecule has 0 aliphatic carbocycles. The Morgan fingerprint density at radius 1 is 1.23 bits per heavy atom. The Hall–Kier alpha value is -3.63. The average molecular weight is 440 g/mol. The van der Waals surface area contributed by atoms with Crippen LogP contribution in [0.2, 0.25) is 0 Å². The summed E-state index contributed by atoms with van der Waals surface area (Å²) in [6.07, 6.45) is 2.47. The SMILES string of the molecule is CCOC(=O)C1=C(COC(=O)/C=C/c2ccc(OC(F)F)c(OC)c2)NC(=O)NC1C. The largest absolute Gasteiger partial charge is 0.493 e. The predicted molar refractivity (Wildman–Crippen MR) is 104 cm³/mol. The van der Waals surface area contributed by atoms with Gasteiger partial charge in [0.25, 0.3) is 0 Å². The third kappa shape index (κ3) is 6.69. The second-order valence-electron chi connectivity index (χ2n) is 6.16. The van der Waals surface area contributed by atoms with Crippen LogP contribution in [-0.2, 0) is 19.1 Å². The number of esters is 2. The Kier molecular flexibility index (Phi) is 8.35. The first-order chi connectivity index (χ1) is 14.7. The van der Waals surface area contributed by atoms with Crippen LogP contribution in [0.5, 0.6) is 11.5 Å². The number of carbonyl (C=O) groups excluding carboxylic acids is 3. The van der Waals surface area contributed by atoms with Crippen molar-refractivity contribution in [3.05, 3.63) is 41.1 Å². The van der Waals surface area contributed by atoms with Gasteiger partial charge in [-0.1, -0.05) is 6.07 Å². The molecule has 1 aromatic rings. The highest BCUT2D eigenvalue weighted by Gasteiger charge is 2.30. The Morgan fingerprint density at radius 3 is 2.61 bits per heavy atom. The molecule has 1 unspecified atom stereocenters. The number of hydrogen-bond donors (Lipinski definition) is 2.